The van der Waals surface area contributed by atoms with Crippen molar-refractivity contribution in [2.24, 2.45) is 5.92 Å². The van der Waals surface area contributed by atoms with E-state index in [1.165, 1.54) is 6.07 Å². The van der Waals surface area contributed by atoms with Gasteiger partial charge in [-0.15, -0.1) is 0 Å². The molecule has 1 aliphatic carbocycles. The van der Waals surface area contributed by atoms with Gasteiger partial charge in [0.05, 0.1) is 0 Å². The molecule has 2 rings (SSSR count). The van der Waals surface area contributed by atoms with Gasteiger partial charge in [-0.25, -0.2) is 4.39 Å². The van der Waals surface area contributed by atoms with Gasteiger partial charge < -0.3 is 5.11 Å². The molecule has 1 saturated carbocycles. The minimum Gasteiger partial charge on any atom is -0.508 e. The first-order chi connectivity index (χ1) is 5.79. The lowest BCUT2D eigenvalue weighted by Crippen LogP contribution is -1.93. The van der Waals surface area contributed by atoms with Crippen LogP contribution in [-0.4, -0.2) is 5.11 Å². The Morgan fingerprint density at radius 1 is 1.33 bits per heavy atom. The standard InChI is InChI=1S/C10H11FO/c11-10(7-5-6-7)8-3-1-2-4-9(8)12/h1-4,7,10,12H,5-6H2. The first-order valence-electron chi connectivity index (χ1n) is 4.21. The molecule has 0 radical (unpaired) electrons. The summed E-state index contributed by atoms with van der Waals surface area (Å²) in [6, 6.07) is 6.64. The highest BCUT2D eigenvalue weighted by Crippen LogP contribution is 2.45. The number of rotatable bonds is 2. The lowest BCUT2D eigenvalue weighted by molar-refractivity contribution is 0.295. The van der Waals surface area contributed by atoms with Gasteiger partial charge in [0.1, 0.15) is 11.9 Å². The fourth-order valence-corrected chi connectivity index (χ4v) is 1.36. The summed E-state index contributed by atoms with van der Waals surface area (Å²) in [5, 5.41) is 9.32. The van der Waals surface area contributed by atoms with Gasteiger partial charge in [-0.05, 0) is 24.8 Å². The molecule has 2 heteroatoms. The van der Waals surface area contributed by atoms with E-state index in [9.17, 15) is 9.50 Å². The van der Waals surface area contributed by atoms with Crippen molar-refractivity contribution in [1.29, 1.82) is 0 Å². The molecule has 1 aliphatic rings. The second-order valence-electron chi connectivity index (χ2n) is 3.30. The summed E-state index contributed by atoms with van der Waals surface area (Å²) in [5.74, 6) is 0.232. The van der Waals surface area contributed by atoms with Crippen LogP contribution in [0.5, 0.6) is 5.75 Å². The first-order valence-corrected chi connectivity index (χ1v) is 4.21. The quantitative estimate of drug-likeness (QED) is 0.716. The fraction of sp³-hybridized carbons (Fsp3) is 0.400. The molecule has 0 saturated heterocycles. The Morgan fingerprint density at radius 3 is 2.58 bits per heavy atom. The molecule has 1 unspecified atom stereocenters. The number of hydrogen-bond donors (Lipinski definition) is 1. The Bertz CT molecular complexity index is 281. The van der Waals surface area contributed by atoms with Gasteiger partial charge >= 0.3 is 0 Å². The molecule has 1 aromatic rings. The average molecular weight is 166 g/mol. The molecule has 0 heterocycles. The molecule has 0 aromatic heterocycles. The van der Waals surface area contributed by atoms with E-state index < -0.39 is 6.17 Å². The largest absolute Gasteiger partial charge is 0.508 e. The van der Waals surface area contributed by atoms with E-state index in [1.54, 1.807) is 18.2 Å². The summed E-state index contributed by atoms with van der Waals surface area (Å²) in [6.07, 6.45) is 0.941. The number of alkyl halides is 1. The van der Waals surface area contributed by atoms with Crippen LogP contribution < -0.4 is 0 Å². The van der Waals surface area contributed by atoms with Crippen LogP contribution in [0.15, 0.2) is 24.3 Å². The second-order valence-corrected chi connectivity index (χ2v) is 3.30. The van der Waals surface area contributed by atoms with Gasteiger partial charge in [-0.1, -0.05) is 18.2 Å². The summed E-state index contributed by atoms with van der Waals surface area (Å²) < 4.78 is 13.4. The highest BCUT2D eigenvalue weighted by Gasteiger charge is 2.33. The van der Waals surface area contributed by atoms with Gasteiger partial charge in [0.25, 0.3) is 0 Å². The topological polar surface area (TPSA) is 20.2 Å². The Labute approximate surface area is 70.8 Å². The molecular weight excluding hydrogens is 155 g/mol. The number of para-hydroxylation sites is 1. The average Bonchev–Trinajstić information content (AvgIpc) is 2.86. The molecule has 1 nitrogen and oxygen atoms in total. The van der Waals surface area contributed by atoms with Crippen LogP contribution in [0.1, 0.15) is 24.6 Å². The third-order valence-electron chi connectivity index (χ3n) is 2.27. The molecule has 0 aliphatic heterocycles. The normalized spacial score (nSPS) is 19.1. The SMILES string of the molecule is Oc1ccccc1C(F)C1CC1. The molecule has 64 valence electrons. The summed E-state index contributed by atoms with van der Waals surface area (Å²) in [5.41, 5.74) is 0.444. The fourth-order valence-electron chi connectivity index (χ4n) is 1.36. The van der Waals surface area contributed by atoms with Crippen molar-refractivity contribution in [2.75, 3.05) is 0 Å². The van der Waals surface area contributed by atoms with Crippen molar-refractivity contribution >= 4 is 0 Å². The van der Waals surface area contributed by atoms with Gasteiger partial charge in [0, 0.05) is 5.56 Å². The van der Waals surface area contributed by atoms with Crippen LogP contribution >= 0.6 is 0 Å². The van der Waals surface area contributed by atoms with Gasteiger partial charge in [-0.3, -0.25) is 0 Å². The second kappa shape index (κ2) is 2.77. The van der Waals surface area contributed by atoms with Crippen LogP contribution in [-0.2, 0) is 0 Å². The van der Waals surface area contributed by atoms with Crippen molar-refractivity contribution in [3.8, 4) is 5.75 Å². The predicted octanol–water partition coefficient (Wildman–Crippen LogP) is 2.81. The van der Waals surface area contributed by atoms with Crippen LogP contribution in [0.4, 0.5) is 4.39 Å². The van der Waals surface area contributed by atoms with Gasteiger partial charge in [0.2, 0.25) is 0 Å². The maximum Gasteiger partial charge on any atom is 0.131 e. The Kier molecular flexibility index (Phi) is 1.75. The van der Waals surface area contributed by atoms with Crippen LogP contribution in [0.2, 0.25) is 0 Å². The minimum absolute atomic E-state index is 0.0805. The number of halogens is 1. The van der Waals surface area contributed by atoms with Crippen molar-refractivity contribution < 1.29 is 9.50 Å². The summed E-state index contributed by atoms with van der Waals surface area (Å²) in [4.78, 5) is 0. The zero-order valence-corrected chi connectivity index (χ0v) is 6.70. The molecule has 1 aromatic carbocycles. The lowest BCUT2D eigenvalue weighted by atomic mass is 10.1. The van der Waals surface area contributed by atoms with Gasteiger partial charge in [0.15, 0.2) is 0 Å². The van der Waals surface area contributed by atoms with E-state index in [4.69, 9.17) is 0 Å². The summed E-state index contributed by atoms with van der Waals surface area (Å²) in [7, 11) is 0. The third kappa shape index (κ3) is 1.29. The van der Waals surface area contributed by atoms with Crippen molar-refractivity contribution in [2.45, 2.75) is 19.0 Å². The maximum atomic E-state index is 13.4. The molecule has 0 bridgehead atoms. The highest BCUT2D eigenvalue weighted by atomic mass is 19.1. The summed E-state index contributed by atoms with van der Waals surface area (Å²) >= 11 is 0. The molecule has 0 spiro atoms. The number of phenols is 1. The number of benzene rings is 1. The zero-order chi connectivity index (χ0) is 8.55. The van der Waals surface area contributed by atoms with Crippen LogP contribution in [0, 0.1) is 5.92 Å². The van der Waals surface area contributed by atoms with Crippen molar-refractivity contribution in [3.63, 3.8) is 0 Å². The summed E-state index contributed by atoms with van der Waals surface area (Å²) in [6.45, 7) is 0. The maximum absolute atomic E-state index is 13.4. The van der Waals surface area contributed by atoms with E-state index in [1.807, 2.05) is 0 Å². The van der Waals surface area contributed by atoms with Gasteiger partial charge in [-0.2, -0.15) is 0 Å². The number of phenolic OH excluding ortho intramolecular Hbond substituents is 1. The van der Waals surface area contributed by atoms with E-state index in [0.29, 0.717) is 5.56 Å². The van der Waals surface area contributed by atoms with Crippen molar-refractivity contribution in [3.05, 3.63) is 29.8 Å². The zero-order valence-electron chi connectivity index (χ0n) is 6.70. The van der Waals surface area contributed by atoms with E-state index in [2.05, 4.69) is 0 Å². The van der Waals surface area contributed by atoms with E-state index in [0.717, 1.165) is 12.8 Å². The molecule has 0 amide bonds. The Hall–Kier alpha value is -1.05. The first kappa shape index (κ1) is 7.59. The van der Waals surface area contributed by atoms with E-state index in [-0.39, 0.29) is 11.7 Å². The minimum atomic E-state index is -0.966. The third-order valence-corrected chi connectivity index (χ3v) is 2.27. The van der Waals surface area contributed by atoms with Crippen molar-refractivity contribution in [1.82, 2.24) is 0 Å². The predicted molar refractivity (Wildman–Crippen MR) is 44.7 cm³/mol. The Balaban J connectivity index is 2.25. The Morgan fingerprint density at radius 2 is 2.00 bits per heavy atom. The van der Waals surface area contributed by atoms with Crippen LogP contribution in [0.3, 0.4) is 0 Å². The molecule has 12 heavy (non-hydrogen) atoms. The van der Waals surface area contributed by atoms with Crippen LogP contribution in [0.25, 0.3) is 0 Å². The van der Waals surface area contributed by atoms with E-state index >= 15 is 0 Å². The number of aromatic hydroxyl groups is 1. The molecule has 1 N–H and O–H groups in total. The highest BCUT2D eigenvalue weighted by molar-refractivity contribution is 5.34. The molecule has 1 atom stereocenters. The lowest BCUT2D eigenvalue weighted by Gasteiger charge is -2.07. The molecule has 1 fully saturated rings. The molecular formula is C10H11FO. The monoisotopic (exact) mass is 166 g/mol. The smallest absolute Gasteiger partial charge is 0.131 e. The number of hydrogen-bond acceptors (Lipinski definition) is 1.